The standard InChI is InChI=1S/C21H18N2O5S/c1-13-2-5-15(6-3-13)19(24)22-8-9-23-20(25)18(29-21(23)26)11-14-4-7-16-17(10-14)28-12-27-16/h2-7,10-11H,8-9,12H2,1H3,(H,22,24)/b18-11-. The minimum atomic E-state index is -0.373. The number of carbonyl (C=O) groups excluding carboxylic acids is 3. The van der Waals surface area contributed by atoms with Crippen LogP contribution < -0.4 is 14.8 Å². The van der Waals surface area contributed by atoms with E-state index < -0.39 is 0 Å². The lowest BCUT2D eigenvalue weighted by Gasteiger charge is -2.13. The van der Waals surface area contributed by atoms with Crippen molar-refractivity contribution in [2.75, 3.05) is 19.9 Å². The van der Waals surface area contributed by atoms with Gasteiger partial charge < -0.3 is 14.8 Å². The summed E-state index contributed by atoms with van der Waals surface area (Å²) in [6.07, 6.45) is 1.65. The number of nitrogens with one attached hydrogen (secondary N) is 1. The van der Waals surface area contributed by atoms with E-state index in [9.17, 15) is 14.4 Å². The maximum atomic E-state index is 12.6. The Hall–Kier alpha value is -3.26. The maximum Gasteiger partial charge on any atom is 0.293 e. The fraction of sp³-hybridized carbons (Fsp3) is 0.190. The molecular formula is C21H18N2O5S. The molecule has 2 aliphatic rings. The largest absolute Gasteiger partial charge is 0.454 e. The van der Waals surface area contributed by atoms with Gasteiger partial charge in [-0.15, -0.1) is 0 Å². The number of nitrogens with zero attached hydrogens (tertiary/aromatic N) is 1. The van der Waals surface area contributed by atoms with Crippen molar-refractivity contribution in [2.24, 2.45) is 0 Å². The average molecular weight is 410 g/mol. The van der Waals surface area contributed by atoms with Crippen molar-refractivity contribution >= 4 is 34.9 Å². The molecule has 0 radical (unpaired) electrons. The number of imide groups is 1. The second-order valence-electron chi connectivity index (χ2n) is 6.57. The zero-order valence-corrected chi connectivity index (χ0v) is 16.5. The molecule has 1 saturated heterocycles. The van der Waals surface area contributed by atoms with Gasteiger partial charge in [0.2, 0.25) is 6.79 Å². The highest BCUT2D eigenvalue weighted by Crippen LogP contribution is 2.36. The molecule has 0 aromatic heterocycles. The van der Waals surface area contributed by atoms with Crippen LogP contribution >= 0.6 is 11.8 Å². The summed E-state index contributed by atoms with van der Waals surface area (Å²) in [5, 5.41) is 2.38. The van der Waals surface area contributed by atoms with Crippen LogP contribution in [0.25, 0.3) is 6.08 Å². The molecule has 29 heavy (non-hydrogen) atoms. The van der Waals surface area contributed by atoms with Crippen LogP contribution in [0.3, 0.4) is 0 Å². The molecule has 0 saturated carbocycles. The van der Waals surface area contributed by atoms with E-state index in [1.165, 1.54) is 0 Å². The zero-order chi connectivity index (χ0) is 20.4. The van der Waals surface area contributed by atoms with Gasteiger partial charge in [0.05, 0.1) is 4.91 Å². The number of hydrogen-bond donors (Lipinski definition) is 1. The Morgan fingerprint density at radius 2 is 1.90 bits per heavy atom. The van der Waals surface area contributed by atoms with Crippen molar-refractivity contribution in [3.8, 4) is 11.5 Å². The van der Waals surface area contributed by atoms with Gasteiger partial charge in [0.25, 0.3) is 17.1 Å². The number of hydrogen-bond acceptors (Lipinski definition) is 6. The number of fused-ring (bicyclic) bond motifs is 1. The number of ether oxygens (including phenoxy) is 2. The van der Waals surface area contributed by atoms with Crippen LogP contribution in [0.5, 0.6) is 11.5 Å². The summed E-state index contributed by atoms with van der Waals surface area (Å²) in [5.74, 6) is 0.645. The fourth-order valence-corrected chi connectivity index (χ4v) is 3.80. The van der Waals surface area contributed by atoms with E-state index in [0.717, 1.165) is 27.8 Å². The van der Waals surface area contributed by atoms with Crippen molar-refractivity contribution in [1.82, 2.24) is 10.2 Å². The molecule has 0 unspecified atom stereocenters. The maximum absolute atomic E-state index is 12.6. The van der Waals surface area contributed by atoms with Crippen molar-refractivity contribution in [3.05, 3.63) is 64.1 Å². The lowest BCUT2D eigenvalue weighted by Crippen LogP contribution is -2.37. The molecule has 7 nitrogen and oxygen atoms in total. The summed E-state index contributed by atoms with van der Waals surface area (Å²) in [5.41, 5.74) is 2.34. The van der Waals surface area contributed by atoms with Gasteiger partial charge in [0.1, 0.15) is 0 Å². The zero-order valence-electron chi connectivity index (χ0n) is 15.6. The summed E-state index contributed by atoms with van der Waals surface area (Å²) in [4.78, 5) is 38.4. The highest BCUT2D eigenvalue weighted by atomic mass is 32.2. The van der Waals surface area contributed by atoms with Crippen molar-refractivity contribution < 1.29 is 23.9 Å². The smallest absolute Gasteiger partial charge is 0.293 e. The first-order valence-corrected chi connectivity index (χ1v) is 9.83. The Bertz CT molecular complexity index is 1020. The Morgan fingerprint density at radius 3 is 2.69 bits per heavy atom. The van der Waals surface area contributed by atoms with E-state index in [-0.39, 0.29) is 36.9 Å². The normalized spacial score (nSPS) is 16.6. The minimum absolute atomic E-state index is 0.112. The number of thioether (sulfide) groups is 1. The summed E-state index contributed by atoms with van der Waals surface area (Å²) in [6, 6.07) is 12.5. The van der Waals surface area contributed by atoms with Crippen LogP contribution in [0, 0.1) is 6.92 Å². The molecule has 2 aromatic rings. The van der Waals surface area contributed by atoms with Gasteiger partial charge in [-0.25, -0.2) is 0 Å². The number of aryl methyl sites for hydroxylation is 1. The van der Waals surface area contributed by atoms with Crippen LogP contribution in [0.4, 0.5) is 4.79 Å². The highest BCUT2D eigenvalue weighted by Gasteiger charge is 2.34. The molecule has 2 aliphatic heterocycles. The first-order chi connectivity index (χ1) is 14.0. The number of rotatable bonds is 5. The quantitative estimate of drug-likeness (QED) is 0.762. The van der Waals surface area contributed by atoms with E-state index in [1.54, 1.807) is 36.4 Å². The first-order valence-electron chi connectivity index (χ1n) is 9.01. The second kappa shape index (κ2) is 8.00. The third-order valence-corrected chi connectivity index (χ3v) is 5.41. The summed E-state index contributed by atoms with van der Waals surface area (Å²) < 4.78 is 10.6. The SMILES string of the molecule is Cc1ccc(C(=O)NCCN2C(=O)S/C(=C\c3ccc4c(c3)OCO4)C2=O)cc1. The van der Waals surface area contributed by atoms with E-state index in [0.29, 0.717) is 22.0 Å². The monoisotopic (exact) mass is 410 g/mol. The van der Waals surface area contributed by atoms with E-state index in [1.807, 2.05) is 19.1 Å². The Labute approximate surface area is 171 Å². The molecule has 1 fully saturated rings. The summed E-state index contributed by atoms with van der Waals surface area (Å²) in [6.45, 7) is 2.41. The Morgan fingerprint density at radius 1 is 1.14 bits per heavy atom. The molecule has 0 spiro atoms. The van der Waals surface area contributed by atoms with Crippen molar-refractivity contribution in [1.29, 1.82) is 0 Å². The number of benzene rings is 2. The molecule has 4 rings (SSSR count). The molecule has 3 amide bonds. The van der Waals surface area contributed by atoms with Crippen LogP contribution in [-0.4, -0.2) is 41.8 Å². The van der Waals surface area contributed by atoms with E-state index in [2.05, 4.69) is 5.32 Å². The van der Waals surface area contributed by atoms with Crippen LogP contribution in [0.2, 0.25) is 0 Å². The van der Waals surface area contributed by atoms with Crippen LogP contribution in [-0.2, 0) is 4.79 Å². The Balaban J connectivity index is 1.37. The summed E-state index contributed by atoms with van der Waals surface area (Å²) in [7, 11) is 0. The van der Waals surface area contributed by atoms with E-state index >= 15 is 0 Å². The van der Waals surface area contributed by atoms with Gasteiger partial charge in [-0.1, -0.05) is 23.8 Å². The molecule has 0 atom stereocenters. The molecule has 1 N–H and O–H groups in total. The second-order valence-corrected chi connectivity index (χ2v) is 7.56. The van der Waals surface area contributed by atoms with Crippen LogP contribution in [0.1, 0.15) is 21.5 Å². The molecule has 2 heterocycles. The predicted molar refractivity (Wildman–Crippen MR) is 109 cm³/mol. The molecule has 148 valence electrons. The summed E-state index contributed by atoms with van der Waals surface area (Å²) >= 11 is 0.880. The molecule has 8 heteroatoms. The third-order valence-electron chi connectivity index (χ3n) is 4.50. The predicted octanol–water partition coefficient (Wildman–Crippen LogP) is 3.19. The van der Waals surface area contributed by atoms with Crippen molar-refractivity contribution in [2.45, 2.75) is 6.92 Å². The lowest BCUT2D eigenvalue weighted by atomic mass is 10.1. The number of amides is 3. The van der Waals surface area contributed by atoms with E-state index in [4.69, 9.17) is 9.47 Å². The van der Waals surface area contributed by atoms with Gasteiger partial charge in [-0.3, -0.25) is 19.3 Å². The van der Waals surface area contributed by atoms with Crippen molar-refractivity contribution in [3.63, 3.8) is 0 Å². The molecular weight excluding hydrogens is 392 g/mol. The Kier molecular flexibility index (Phi) is 5.26. The van der Waals surface area contributed by atoms with Gasteiger partial charge in [0, 0.05) is 18.7 Å². The van der Waals surface area contributed by atoms with Gasteiger partial charge in [-0.05, 0) is 54.6 Å². The molecule has 0 bridgehead atoms. The van der Waals surface area contributed by atoms with Gasteiger partial charge >= 0.3 is 0 Å². The van der Waals surface area contributed by atoms with Crippen LogP contribution in [0.15, 0.2) is 47.4 Å². The topological polar surface area (TPSA) is 84.9 Å². The number of carbonyl (C=O) groups is 3. The first kappa shape index (κ1) is 19.1. The average Bonchev–Trinajstić information content (AvgIpc) is 3.27. The van der Waals surface area contributed by atoms with Gasteiger partial charge in [0.15, 0.2) is 11.5 Å². The highest BCUT2D eigenvalue weighted by molar-refractivity contribution is 8.18. The minimum Gasteiger partial charge on any atom is -0.454 e. The molecule has 0 aliphatic carbocycles. The third kappa shape index (κ3) is 4.12. The molecule has 2 aromatic carbocycles. The fourth-order valence-electron chi connectivity index (χ4n) is 2.94. The van der Waals surface area contributed by atoms with Gasteiger partial charge in [-0.2, -0.15) is 0 Å². The lowest BCUT2D eigenvalue weighted by molar-refractivity contribution is -0.122.